The van der Waals surface area contributed by atoms with Crippen molar-refractivity contribution in [2.24, 2.45) is 0 Å². The fourth-order valence-corrected chi connectivity index (χ4v) is 2.19. The Bertz CT molecular complexity index is 543. The number of aromatic nitrogens is 1. The van der Waals surface area contributed by atoms with Gasteiger partial charge in [0.1, 0.15) is 0 Å². The van der Waals surface area contributed by atoms with Crippen molar-refractivity contribution in [2.45, 2.75) is 6.54 Å². The van der Waals surface area contributed by atoms with E-state index in [4.69, 9.17) is 0 Å². The summed E-state index contributed by atoms with van der Waals surface area (Å²) in [4.78, 5) is 5.87. The summed E-state index contributed by atoms with van der Waals surface area (Å²) in [6.45, 7) is 0.610. The molecule has 0 radical (unpaired) electrons. The molecule has 0 saturated heterocycles. The normalized spacial score (nSPS) is 10.4. The summed E-state index contributed by atoms with van der Waals surface area (Å²) in [7, 11) is 1.82. The molecule has 5 heteroatoms. The zero-order chi connectivity index (χ0) is 13.1. The maximum atomic E-state index is 13.7. The molecular weight excluding hydrogens is 363 g/mol. The minimum absolute atomic E-state index is 0.330. The number of benzene rings is 1. The lowest BCUT2D eigenvalue weighted by atomic mass is 10.2. The van der Waals surface area contributed by atoms with E-state index in [1.165, 1.54) is 6.07 Å². The van der Waals surface area contributed by atoms with Crippen LogP contribution in [0.1, 0.15) is 5.56 Å². The van der Waals surface area contributed by atoms with E-state index >= 15 is 0 Å². The molecule has 0 saturated carbocycles. The molecule has 0 aliphatic carbocycles. The molecule has 2 aromatic rings. The molecule has 0 spiro atoms. The van der Waals surface area contributed by atoms with Gasteiger partial charge < -0.3 is 4.90 Å². The van der Waals surface area contributed by atoms with E-state index in [2.05, 4.69) is 36.8 Å². The number of anilines is 1. The molecule has 0 amide bonds. The van der Waals surface area contributed by atoms with E-state index in [0.29, 0.717) is 16.8 Å². The highest BCUT2D eigenvalue weighted by molar-refractivity contribution is 9.10. The second kappa shape index (κ2) is 5.80. The molecule has 2 nitrogen and oxygen atoms in total. The van der Waals surface area contributed by atoms with E-state index in [1.807, 2.05) is 31.3 Å². The highest BCUT2D eigenvalue weighted by Gasteiger charge is 2.10. The van der Waals surface area contributed by atoms with Gasteiger partial charge in [0.15, 0.2) is 11.6 Å². The van der Waals surface area contributed by atoms with E-state index in [9.17, 15) is 4.39 Å². The predicted molar refractivity (Wildman–Crippen MR) is 78.1 cm³/mol. The fraction of sp³-hybridized carbons (Fsp3) is 0.154. The Balaban J connectivity index is 2.16. The van der Waals surface area contributed by atoms with Gasteiger partial charge in [-0.15, -0.1) is 0 Å². The Morgan fingerprint density at radius 3 is 2.44 bits per heavy atom. The Morgan fingerprint density at radius 1 is 1.17 bits per heavy atom. The fourth-order valence-electron chi connectivity index (χ4n) is 1.63. The van der Waals surface area contributed by atoms with Crippen molar-refractivity contribution in [1.29, 1.82) is 0 Å². The molecule has 1 aromatic carbocycles. The van der Waals surface area contributed by atoms with Gasteiger partial charge in [-0.2, -0.15) is 0 Å². The van der Waals surface area contributed by atoms with Gasteiger partial charge >= 0.3 is 0 Å². The Hall–Kier alpha value is -0.940. The maximum Gasteiger partial charge on any atom is 0.166 e. The number of pyridine rings is 1. The predicted octanol–water partition coefficient (Wildman–Crippen LogP) is 4.38. The van der Waals surface area contributed by atoms with Crippen LogP contribution < -0.4 is 4.90 Å². The second-order valence-electron chi connectivity index (χ2n) is 3.94. The highest BCUT2D eigenvalue weighted by atomic mass is 79.9. The molecule has 1 aromatic heterocycles. The first-order valence-electron chi connectivity index (χ1n) is 5.33. The number of halogens is 3. The summed E-state index contributed by atoms with van der Waals surface area (Å²) in [5.74, 6) is 0.0186. The van der Waals surface area contributed by atoms with Crippen molar-refractivity contribution in [2.75, 3.05) is 11.9 Å². The topological polar surface area (TPSA) is 16.1 Å². The molecule has 1 heterocycles. The summed E-state index contributed by atoms with van der Waals surface area (Å²) in [6, 6.07) is 9.35. The summed E-state index contributed by atoms with van der Waals surface area (Å²) in [5, 5.41) is 0. The van der Waals surface area contributed by atoms with E-state index in [1.54, 1.807) is 11.1 Å². The van der Waals surface area contributed by atoms with Crippen molar-refractivity contribution in [1.82, 2.24) is 4.98 Å². The molecule has 2 rings (SSSR count). The number of hydrogen-bond donors (Lipinski definition) is 0. The number of rotatable bonds is 3. The van der Waals surface area contributed by atoms with Crippen LogP contribution in [0.3, 0.4) is 0 Å². The van der Waals surface area contributed by atoms with Gasteiger partial charge in [-0.3, -0.25) is 0 Å². The van der Waals surface area contributed by atoms with Gasteiger partial charge in [0.25, 0.3) is 0 Å². The first-order valence-corrected chi connectivity index (χ1v) is 6.91. The van der Waals surface area contributed by atoms with Gasteiger partial charge in [-0.05, 0) is 39.7 Å². The quantitative estimate of drug-likeness (QED) is 0.793. The smallest absolute Gasteiger partial charge is 0.166 e. The molecule has 0 fully saturated rings. The van der Waals surface area contributed by atoms with Gasteiger partial charge in [-0.25, -0.2) is 9.37 Å². The Kier molecular flexibility index (Phi) is 4.35. The van der Waals surface area contributed by atoms with Crippen LogP contribution in [0.15, 0.2) is 45.5 Å². The molecule has 0 N–H and O–H groups in total. The van der Waals surface area contributed by atoms with Crippen LogP contribution in [0.2, 0.25) is 0 Å². The van der Waals surface area contributed by atoms with Crippen molar-refractivity contribution < 1.29 is 4.39 Å². The van der Waals surface area contributed by atoms with Crippen LogP contribution in [-0.4, -0.2) is 12.0 Å². The number of nitrogens with zero attached hydrogens (tertiary/aromatic N) is 2. The number of hydrogen-bond acceptors (Lipinski definition) is 2. The lowest BCUT2D eigenvalue weighted by molar-refractivity contribution is 0.613. The van der Waals surface area contributed by atoms with Crippen molar-refractivity contribution in [3.05, 3.63) is 56.9 Å². The zero-order valence-corrected chi connectivity index (χ0v) is 12.9. The van der Waals surface area contributed by atoms with Crippen LogP contribution in [-0.2, 0) is 6.54 Å². The average molecular weight is 374 g/mol. The second-order valence-corrected chi connectivity index (χ2v) is 5.77. The first-order chi connectivity index (χ1) is 8.56. The SMILES string of the molecule is CN(Cc1ccc(Br)cc1)c1ncc(Br)cc1F. The van der Waals surface area contributed by atoms with Crippen LogP contribution in [0.5, 0.6) is 0 Å². The molecule has 0 aliphatic rings. The minimum atomic E-state index is -0.330. The largest absolute Gasteiger partial charge is 0.353 e. The van der Waals surface area contributed by atoms with E-state index < -0.39 is 0 Å². The van der Waals surface area contributed by atoms with Crippen molar-refractivity contribution in [3.63, 3.8) is 0 Å². The van der Waals surface area contributed by atoms with Crippen LogP contribution in [0, 0.1) is 5.82 Å². The maximum absolute atomic E-state index is 13.7. The van der Waals surface area contributed by atoms with E-state index in [-0.39, 0.29) is 5.82 Å². The molecule has 94 valence electrons. The third-order valence-corrected chi connectivity index (χ3v) is 3.45. The van der Waals surface area contributed by atoms with E-state index in [0.717, 1.165) is 10.0 Å². The molecule has 0 atom stereocenters. The molecule has 18 heavy (non-hydrogen) atoms. The van der Waals surface area contributed by atoms with Gasteiger partial charge in [0.05, 0.1) is 0 Å². The first kappa shape index (κ1) is 13.5. The third-order valence-electron chi connectivity index (χ3n) is 2.48. The van der Waals surface area contributed by atoms with Gasteiger partial charge in [0, 0.05) is 28.7 Å². The summed E-state index contributed by atoms with van der Waals surface area (Å²) >= 11 is 6.58. The molecule has 0 unspecified atom stereocenters. The summed E-state index contributed by atoms with van der Waals surface area (Å²) in [5.41, 5.74) is 1.10. The van der Waals surface area contributed by atoms with Crippen molar-refractivity contribution in [3.8, 4) is 0 Å². The Labute approximate surface area is 122 Å². The highest BCUT2D eigenvalue weighted by Crippen LogP contribution is 2.21. The minimum Gasteiger partial charge on any atom is -0.353 e. The van der Waals surface area contributed by atoms with Gasteiger partial charge in [0.2, 0.25) is 0 Å². The average Bonchev–Trinajstić information content (AvgIpc) is 2.32. The van der Waals surface area contributed by atoms with Crippen LogP contribution >= 0.6 is 31.9 Å². The molecule has 0 aliphatic heterocycles. The monoisotopic (exact) mass is 372 g/mol. The van der Waals surface area contributed by atoms with Gasteiger partial charge in [-0.1, -0.05) is 28.1 Å². The zero-order valence-electron chi connectivity index (χ0n) is 9.70. The van der Waals surface area contributed by atoms with Crippen LogP contribution in [0.25, 0.3) is 0 Å². The van der Waals surface area contributed by atoms with Crippen molar-refractivity contribution >= 4 is 37.7 Å². The lowest BCUT2D eigenvalue weighted by Gasteiger charge is -2.18. The summed E-state index contributed by atoms with van der Waals surface area (Å²) in [6.07, 6.45) is 1.59. The summed E-state index contributed by atoms with van der Waals surface area (Å²) < 4.78 is 15.4. The molecule has 0 bridgehead atoms. The van der Waals surface area contributed by atoms with Crippen LogP contribution in [0.4, 0.5) is 10.2 Å². The third kappa shape index (κ3) is 3.29. The Morgan fingerprint density at radius 2 is 1.83 bits per heavy atom. The molecular formula is C13H11Br2FN2. The lowest BCUT2D eigenvalue weighted by Crippen LogP contribution is -2.19. The standard InChI is InChI=1S/C13H11Br2FN2/c1-18(8-9-2-4-10(14)5-3-9)13-12(16)6-11(15)7-17-13/h2-7H,8H2,1H3.